The van der Waals surface area contributed by atoms with Crippen molar-refractivity contribution in [1.82, 2.24) is 0 Å². The van der Waals surface area contributed by atoms with Crippen molar-refractivity contribution in [1.29, 1.82) is 0 Å². The van der Waals surface area contributed by atoms with E-state index in [1.54, 1.807) is 0 Å². The number of hydrogen-bond donors (Lipinski definition) is 0. The zero-order chi connectivity index (χ0) is 13.7. The second-order valence-corrected chi connectivity index (χ2v) is 5.44. The standard InChI is InChI=1S/C8H16N.CHF3O3S/c1-3-9(2)7-5-4-6-8-9;2-1(3,4)8(5,6)7/h3H,1,4-8H2,2H3;(H,5,6,7)/q+1;/p-1. The van der Waals surface area contributed by atoms with Crippen LogP contribution in [0.15, 0.2) is 12.8 Å². The summed E-state index contributed by atoms with van der Waals surface area (Å²) in [5.41, 5.74) is -5.65. The summed E-state index contributed by atoms with van der Waals surface area (Å²) in [7, 11) is -3.83. The Balaban J connectivity index is 0.000000304. The van der Waals surface area contributed by atoms with Crippen LogP contribution in [0.25, 0.3) is 0 Å². The molecule has 1 aliphatic rings. The third-order valence-electron chi connectivity index (χ3n) is 2.56. The molecule has 0 radical (unpaired) electrons. The summed E-state index contributed by atoms with van der Waals surface area (Å²) in [6, 6.07) is 0. The van der Waals surface area contributed by atoms with Crippen LogP contribution in [-0.4, -0.2) is 43.1 Å². The minimum atomic E-state index is -6.09. The van der Waals surface area contributed by atoms with Gasteiger partial charge in [0, 0.05) is 0 Å². The van der Waals surface area contributed by atoms with Gasteiger partial charge in [-0.2, -0.15) is 13.2 Å². The van der Waals surface area contributed by atoms with Crippen molar-refractivity contribution < 1.29 is 30.6 Å². The van der Waals surface area contributed by atoms with Crippen molar-refractivity contribution in [3.63, 3.8) is 0 Å². The Labute approximate surface area is 99.1 Å². The van der Waals surface area contributed by atoms with E-state index in [0.29, 0.717) is 0 Å². The average Bonchev–Trinajstić information content (AvgIpc) is 2.17. The molecule has 17 heavy (non-hydrogen) atoms. The summed E-state index contributed by atoms with van der Waals surface area (Å²) < 4.78 is 60.0. The van der Waals surface area contributed by atoms with E-state index >= 15 is 0 Å². The average molecular weight is 275 g/mol. The van der Waals surface area contributed by atoms with Gasteiger partial charge in [-0.15, -0.1) is 0 Å². The van der Waals surface area contributed by atoms with E-state index in [2.05, 4.69) is 19.8 Å². The van der Waals surface area contributed by atoms with E-state index in [0.717, 1.165) is 4.48 Å². The molecule has 1 saturated heterocycles. The van der Waals surface area contributed by atoms with Gasteiger partial charge in [0.1, 0.15) is 0 Å². The molecule has 0 amide bonds. The Kier molecular flexibility index (Phi) is 5.63. The summed E-state index contributed by atoms with van der Waals surface area (Å²) in [4.78, 5) is 0. The minimum Gasteiger partial charge on any atom is -0.741 e. The summed E-state index contributed by atoms with van der Waals surface area (Å²) in [6.45, 7) is 6.42. The fourth-order valence-corrected chi connectivity index (χ4v) is 1.42. The van der Waals surface area contributed by atoms with E-state index in [1.165, 1.54) is 32.4 Å². The van der Waals surface area contributed by atoms with Gasteiger partial charge in [0.05, 0.1) is 26.3 Å². The lowest BCUT2D eigenvalue weighted by molar-refractivity contribution is -0.864. The number of nitrogens with zero attached hydrogens (tertiary/aromatic N) is 1. The Morgan fingerprint density at radius 2 is 1.59 bits per heavy atom. The Morgan fingerprint density at radius 3 is 1.76 bits per heavy atom. The second kappa shape index (κ2) is 5.83. The van der Waals surface area contributed by atoms with Crippen LogP contribution >= 0.6 is 0 Å². The zero-order valence-corrected chi connectivity index (χ0v) is 10.4. The number of hydrogen-bond acceptors (Lipinski definition) is 3. The Hall–Kier alpha value is -0.600. The normalized spacial score (nSPS) is 20.1. The first-order valence-electron chi connectivity index (χ1n) is 5.02. The quantitative estimate of drug-likeness (QED) is 0.416. The van der Waals surface area contributed by atoms with Gasteiger partial charge in [0.2, 0.25) is 0 Å². The highest BCUT2D eigenvalue weighted by Crippen LogP contribution is 2.20. The molecule has 0 aromatic heterocycles. The van der Waals surface area contributed by atoms with E-state index in [9.17, 15) is 13.2 Å². The molecule has 8 heteroatoms. The Bertz CT molecular complexity index is 345. The monoisotopic (exact) mass is 275 g/mol. The molecule has 0 N–H and O–H groups in total. The van der Waals surface area contributed by atoms with Gasteiger partial charge in [0.15, 0.2) is 10.1 Å². The van der Waals surface area contributed by atoms with Crippen LogP contribution in [0.5, 0.6) is 0 Å². The van der Waals surface area contributed by atoms with Crippen LogP contribution in [0.4, 0.5) is 13.2 Å². The zero-order valence-electron chi connectivity index (χ0n) is 9.53. The fraction of sp³-hybridized carbons (Fsp3) is 0.778. The first kappa shape index (κ1) is 16.4. The van der Waals surface area contributed by atoms with E-state index in [1.807, 2.05) is 0 Å². The van der Waals surface area contributed by atoms with E-state index in [4.69, 9.17) is 13.0 Å². The summed E-state index contributed by atoms with van der Waals surface area (Å²) in [6.07, 6.45) is 6.24. The number of halogens is 3. The SMILES string of the molecule is C=C[N+]1(C)CCCCC1.O=S(=O)([O-])C(F)(F)F. The summed E-state index contributed by atoms with van der Waals surface area (Å²) in [5.74, 6) is 0. The summed E-state index contributed by atoms with van der Waals surface area (Å²) in [5, 5.41) is 0. The molecule has 0 aromatic rings. The molecule has 0 bridgehead atoms. The van der Waals surface area contributed by atoms with E-state index < -0.39 is 15.6 Å². The number of piperidine rings is 1. The maximum absolute atomic E-state index is 10.7. The van der Waals surface area contributed by atoms with Gasteiger partial charge in [-0.3, -0.25) is 0 Å². The van der Waals surface area contributed by atoms with Gasteiger partial charge >= 0.3 is 5.51 Å². The molecule has 0 aliphatic carbocycles. The highest BCUT2D eigenvalue weighted by Gasteiger charge is 2.36. The number of alkyl halides is 3. The van der Waals surface area contributed by atoms with Crippen LogP contribution in [0.2, 0.25) is 0 Å². The summed E-state index contributed by atoms with van der Waals surface area (Å²) >= 11 is 0. The van der Waals surface area contributed by atoms with Crippen molar-refractivity contribution in [3.8, 4) is 0 Å². The van der Waals surface area contributed by atoms with Crippen LogP contribution in [0, 0.1) is 0 Å². The second-order valence-electron chi connectivity index (χ2n) is 4.07. The van der Waals surface area contributed by atoms with Crippen LogP contribution < -0.4 is 0 Å². The third kappa shape index (κ3) is 6.04. The maximum Gasteiger partial charge on any atom is 0.485 e. The van der Waals surface area contributed by atoms with Crippen molar-refractivity contribution in [3.05, 3.63) is 12.8 Å². The van der Waals surface area contributed by atoms with Gasteiger partial charge < -0.3 is 9.04 Å². The Morgan fingerprint density at radius 1 is 1.24 bits per heavy atom. The smallest absolute Gasteiger partial charge is 0.485 e. The number of quaternary nitrogens is 1. The predicted molar refractivity (Wildman–Crippen MR) is 55.7 cm³/mol. The lowest BCUT2D eigenvalue weighted by Gasteiger charge is -2.33. The molecule has 102 valence electrons. The lowest BCUT2D eigenvalue weighted by Crippen LogP contribution is -2.42. The van der Waals surface area contributed by atoms with Gasteiger partial charge in [-0.05, 0) is 25.8 Å². The van der Waals surface area contributed by atoms with Crippen LogP contribution in [0.1, 0.15) is 19.3 Å². The molecule has 1 heterocycles. The lowest BCUT2D eigenvalue weighted by atomic mass is 10.1. The van der Waals surface area contributed by atoms with Gasteiger partial charge in [0.25, 0.3) is 0 Å². The number of likely N-dealkylation sites (tertiary alicyclic amines) is 1. The maximum atomic E-state index is 10.7. The molecule has 0 saturated carbocycles. The fourth-order valence-electron chi connectivity index (χ4n) is 1.42. The highest BCUT2D eigenvalue weighted by molar-refractivity contribution is 7.86. The molecule has 0 spiro atoms. The molecule has 0 atom stereocenters. The molecular formula is C9H16F3NO3S. The van der Waals surface area contributed by atoms with Gasteiger partial charge in [-0.25, -0.2) is 8.42 Å². The van der Waals surface area contributed by atoms with Crippen molar-refractivity contribution in [2.75, 3.05) is 20.1 Å². The third-order valence-corrected chi connectivity index (χ3v) is 3.13. The van der Waals surface area contributed by atoms with Crippen LogP contribution in [-0.2, 0) is 10.1 Å². The first-order chi connectivity index (χ1) is 7.52. The van der Waals surface area contributed by atoms with Crippen molar-refractivity contribution >= 4 is 10.1 Å². The van der Waals surface area contributed by atoms with Crippen molar-refractivity contribution in [2.45, 2.75) is 24.8 Å². The molecule has 0 unspecified atom stereocenters. The van der Waals surface area contributed by atoms with Crippen LogP contribution in [0.3, 0.4) is 0 Å². The van der Waals surface area contributed by atoms with Crippen molar-refractivity contribution in [2.24, 2.45) is 0 Å². The molecule has 1 aliphatic heterocycles. The minimum absolute atomic E-state index is 1.08. The van der Waals surface area contributed by atoms with E-state index in [-0.39, 0.29) is 0 Å². The first-order valence-corrected chi connectivity index (χ1v) is 6.43. The van der Waals surface area contributed by atoms with Gasteiger partial charge in [-0.1, -0.05) is 0 Å². The number of rotatable bonds is 1. The predicted octanol–water partition coefficient (Wildman–Crippen LogP) is 1.81. The topological polar surface area (TPSA) is 57.2 Å². The molecule has 4 nitrogen and oxygen atoms in total. The largest absolute Gasteiger partial charge is 0.741 e. The molecular weight excluding hydrogens is 259 g/mol. The molecule has 1 fully saturated rings. The molecule has 0 aromatic carbocycles. The molecule has 1 rings (SSSR count). The highest BCUT2D eigenvalue weighted by atomic mass is 32.2.